The van der Waals surface area contributed by atoms with Crippen molar-refractivity contribution in [3.8, 4) is 11.4 Å². The molecule has 0 aliphatic rings. The third-order valence-corrected chi connectivity index (χ3v) is 3.57. The Morgan fingerprint density at radius 3 is 2.48 bits per heavy atom. The monoisotopic (exact) mass is 296 g/mol. The van der Waals surface area contributed by atoms with E-state index in [1.807, 2.05) is 54.6 Å². The second kappa shape index (κ2) is 5.46. The number of fused-ring (bicyclic) bond motifs is 1. The maximum absolute atomic E-state index is 12.1. The van der Waals surface area contributed by atoms with Gasteiger partial charge >= 0.3 is 6.09 Å². The van der Waals surface area contributed by atoms with E-state index in [4.69, 9.17) is 17.0 Å². The Morgan fingerprint density at radius 1 is 1.10 bits per heavy atom. The van der Waals surface area contributed by atoms with Gasteiger partial charge in [-0.2, -0.15) is 0 Å². The second-order valence-electron chi connectivity index (χ2n) is 4.43. The summed E-state index contributed by atoms with van der Waals surface area (Å²) in [6, 6.07) is 16.9. The summed E-state index contributed by atoms with van der Waals surface area (Å²) in [6.45, 7) is 0. The van der Waals surface area contributed by atoms with Crippen LogP contribution in [0, 0.1) is 4.64 Å². The van der Waals surface area contributed by atoms with Crippen LogP contribution in [-0.2, 0) is 4.74 Å². The Balaban J connectivity index is 2.42. The molecule has 0 unspecified atom stereocenters. The molecule has 0 saturated carbocycles. The molecule has 0 aliphatic carbocycles. The molecule has 0 amide bonds. The summed E-state index contributed by atoms with van der Waals surface area (Å²) in [5.74, 6) is 0.478. The molecule has 0 fully saturated rings. The van der Waals surface area contributed by atoms with Crippen molar-refractivity contribution >= 4 is 29.2 Å². The standard InChI is InChI=1S/C16H12N2O2S/c1-20-16(19)18-14(11-7-3-2-4-8-11)17-13-10-6-5-9-12(13)15(18)21/h2-10H,1H3. The van der Waals surface area contributed by atoms with E-state index in [-0.39, 0.29) is 0 Å². The van der Waals surface area contributed by atoms with E-state index in [0.29, 0.717) is 10.5 Å². The van der Waals surface area contributed by atoms with E-state index in [0.717, 1.165) is 16.5 Å². The molecule has 2 aromatic carbocycles. The highest BCUT2D eigenvalue weighted by Crippen LogP contribution is 2.23. The number of para-hydroxylation sites is 1. The number of methoxy groups -OCH3 is 1. The van der Waals surface area contributed by atoms with E-state index in [1.165, 1.54) is 11.7 Å². The summed E-state index contributed by atoms with van der Waals surface area (Å²) in [6.07, 6.45) is -0.544. The minimum Gasteiger partial charge on any atom is -0.452 e. The number of ether oxygens (including phenoxy) is 1. The highest BCUT2D eigenvalue weighted by molar-refractivity contribution is 7.71. The molecule has 21 heavy (non-hydrogen) atoms. The number of hydrogen-bond acceptors (Lipinski definition) is 4. The number of nitrogens with zero attached hydrogens (tertiary/aromatic N) is 2. The van der Waals surface area contributed by atoms with Crippen LogP contribution in [0.1, 0.15) is 0 Å². The van der Waals surface area contributed by atoms with Crippen molar-refractivity contribution in [3.63, 3.8) is 0 Å². The van der Waals surface area contributed by atoms with E-state index >= 15 is 0 Å². The lowest BCUT2D eigenvalue weighted by molar-refractivity contribution is 0.172. The smallest absolute Gasteiger partial charge is 0.420 e. The van der Waals surface area contributed by atoms with E-state index in [9.17, 15) is 4.79 Å². The molecule has 0 saturated heterocycles. The van der Waals surface area contributed by atoms with E-state index in [1.54, 1.807) is 0 Å². The Labute approximate surface area is 126 Å². The first-order valence-electron chi connectivity index (χ1n) is 6.38. The van der Waals surface area contributed by atoms with Gasteiger partial charge in [0.1, 0.15) is 4.64 Å². The maximum atomic E-state index is 12.1. The Hall–Kier alpha value is -2.53. The van der Waals surface area contributed by atoms with Crippen molar-refractivity contribution in [3.05, 3.63) is 59.2 Å². The average Bonchev–Trinajstić information content (AvgIpc) is 2.55. The first-order valence-corrected chi connectivity index (χ1v) is 6.78. The molecule has 1 aromatic heterocycles. The largest absolute Gasteiger partial charge is 0.452 e. The van der Waals surface area contributed by atoms with Gasteiger partial charge in [-0.3, -0.25) is 0 Å². The average molecular weight is 296 g/mol. The summed E-state index contributed by atoms with van der Waals surface area (Å²) in [5.41, 5.74) is 1.56. The van der Waals surface area contributed by atoms with Crippen molar-refractivity contribution in [1.82, 2.24) is 9.55 Å². The molecule has 5 heteroatoms. The molecule has 0 atom stereocenters. The summed E-state index contributed by atoms with van der Waals surface area (Å²) >= 11 is 5.45. The Kier molecular flexibility index (Phi) is 3.50. The fourth-order valence-electron chi connectivity index (χ4n) is 2.17. The van der Waals surface area contributed by atoms with Gasteiger partial charge < -0.3 is 4.74 Å². The molecule has 1 heterocycles. The maximum Gasteiger partial charge on any atom is 0.420 e. The summed E-state index contributed by atoms with van der Waals surface area (Å²) in [7, 11) is 1.33. The molecular formula is C16H12N2O2S. The van der Waals surface area contributed by atoms with Crippen LogP contribution in [-0.4, -0.2) is 22.8 Å². The zero-order valence-corrected chi connectivity index (χ0v) is 12.1. The van der Waals surface area contributed by atoms with Crippen LogP contribution in [0.25, 0.3) is 22.3 Å². The minimum atomic E-state index is -0.544. The summed E-state index contributed by atoms with van der Waals surface area (Å²) < 4.78 is 6.57. The number of benzene rings is 2. The normalized spacial score (nSPS) is 10.5. The molecule has 104 valence electrons. The lowest BCUT2D eigenvalue weighted by Gasteiger charge is -2.12. The quantitative estimate of drug-likeness (QED) is 0.635. The predicted molar refractivity (Wildman–Crippen MR) is 83.8 cm³/mol. The molecule has 0 N–H and O–H groups in total. The van der Waals surface area contributed by atoms with Gasteiger partial charge in [-0.25, -0.2) is 14.3 Å². The highest BCUT2D eigenvalue weighted by Gasteiger charge is 2.16. The third-order valence-electron chi connectivity index (χ3n) is 3.16. The van der Waals surface area contributed by atoms with Crippen molar-refractivity contribution in [2.24, 2.45) is 0 Å². The Morgan fingerprint density at radius 2 is 1.76 bits per heavy atom. The van der Waals surface area contributed by atoms with Crippen LogP contribution < -0.4 is 0 Å². The lowest BCUT2D eigenvalue weighted by Crippen LogP contribution is -2.17. The molecule has 0 spiro atoms. The number of aromatic nitrogens is 2. The Bertz CT molecular complexity index is 872. The van der Waals surface area contributed by atoms with Gasteiger partial charge in [0.05, 0.1) is 12.6 Å². The molecule has 0 radical (unpaired) electrons. The van der Waals surface area contributed by atoms with Gasteiger partial charge in [-0.15, -0.1) is 0 Å². The first-order chi connectivity index (χ1) is 10.2. The fraction of sp³-hybridized carbons (Fsp3) is 0.0625. The SMILES string of the molecule is COC(=O)n1c(-c2ccccc2)nc2ccccc2c1=S. The number of carbonyl (C=O) groups excluding carboxylic acids is 1. The second-order valence-corrected chi connectivity index (χ2v) is 4.82. The van der Waals surface area contributed by atoms with Gasteiger partial charge in [0.2, 0.25) is 0 Å². The van der Waals surface area contributed by atoms with Crippen LogP contribution in [0.5, 0.6) is 0 Å². The summed E-state index contributed by atoms with van der Waals surface area (Å²) in [4.78, 5) is 16.7. The van der Waals surface area contributed by atoms with Crippen molar-refractivity contribution in [2.45, 2.75) is 0 Å². The number of carbonyl (C=O) groups is 1. The zero-order valence-electron chi connectivity index (χ0n) is 11.3. The highest BCUT2D eigenvalue weighted by atomic mass is 32.1. The topological polar surface area (TPSA) is 44.1 Å². The van der Waals surface area contributed by atoms with Gasteiger partial charge in [0, 0.05) is 10.9 Å². The predicted octanol–water partition coefficient (Wildman–Crippen LogP) is 4.05. The summed E-state index contributed by atoms with van der Waals surface area (Å²) in [5, 5.41) is 0.748. The van der Waals surface area contributed by atoms with Crippen molar-refractivity contribution in [1.29, 1.82) is 0 Å². The van der Waals surface area contributed by atoms with Crippen LogP contribution >= 0.6 is 12.2 Å². The molecule has 0 bridgehead atoms. The molecule has 3 rings (SSSR count). The lowest BCUT2D eigenvalue weighted by atomic mass is 10.2. The number of rotatable bonds is 1. The van der Waals surface area contributed by atoms with E-state index < -0.39 is 6.09 Å². The first kappa shape index (κ1) is 13.5. The molecule has 3 aromatic rings. The fourth-order valence-corrected chi connectivity index (χ4v) is 2.51. The van der Waals surface area contributed by atoms with Crippen LogP contribution in [0.2, 0.25) is 0 Å². The van der Waals surface area contributed by atoms with Crippen LogP contribution in [0.4, 0.5) is 4.79 Å². The van der Waals surface area contributed by atoms with Gasteiger partial charge in [-0.1, -0.05) is 54.7 Å². The zero-order chi connectivity index (χ0) is 14.8. The van der Waals surface area contributed by atoms with Gasteiger partial charge in [-0.05, 0) is 12.1 Å². The van der Waals surface area contributed by atoms with Crippen LogP contribution in [0.15, 0.2) is 54.6 Å². The van der Waals surface area contributed by atoms with E-state index in [2.05, 4.69) is 4.98 Å². The number of hydrogen-bond donors (Lipinski definition) is 0. The van der Waals surface area contributed by atoms with Gasteiger partial charge in [0.15, 0.2) is 5.82 Å². The molecular weight excluding hydrogens is 284 g/mol. The van der Waals surface area contributed by atoms with Crippen LogP contribution in [0.3, 0.4) is 0 Å². The molecule has 0 aliphatic heterocycles. The minimum absolute atomic E-state index is 0.395. The molecule has 4 nitrogen and oxygen atoms in total. The van der Waals surface area contributed by atoms with Gasteiger partial charge in [0.25, 0.3) is 0 Å². The van der Waals surface area contributed by atoms with Crippen molar-refractivity contribution < 1.29 is 9.53 Å². The third kappa shape index (κ3) is 2.32. The van der Waals surface area contributed by atoms with Crippen molar-refractivity contribution in [2.75, 3.05) is 7.11 Å².